The molecule has 1 heterocycles. The Hall–Kier alpha value is -2.57. The molecular formula is C17H20N2O5. The molecule has 1 fully saturated rings. The first kappa shape index (κ1) is 16.3. The number of hydrogen-bond donors (Lipinski definition) is 2. The number of carboxylic acid groups (broad SMARTS) is 1. The minimum Gasteiger partial charge on any atom is -0.482 e. The van der Waals surface area contributed by atoms with Crippen molar-refractivity contribution in [3.8, 4) is 5.75 Å². The number of benzene rings is 1. The summed E-state index contributed by atoms with van der Waals surface area (Å²) in [6, 6.07) is 4.72. The molecule has 1 aromatic rings. The van der Waals surface area contributed by atoms with Crippen LogP contribution in [-0.4, -0.2) is 47.0 Å². The van der Waals surface area contributed by atoms with Crippen LogP contribution in [0.3, 0.4) is 0 Å². The highest BCUT2D eigenvalue weighted by Gasteiger charge is 2.45. The summed E-state index contributed by atoms with van der Waals surface area (Å²) in [4.78, 5) is 37.3. The second kappa shape index (κ2) is 6.14. The zero-order chi connectivity index (χ0) is 17.3. The largest absolute Gasteiger partial charge is 0.482 e. The molecule has 2 aliphatic rings. The molecule has 24 heavy (non-hydrogen) atoms. The van der Waals surface area contributed by atoms with Crippen LogP contribution in [0.15, 0.2) is 18.2 Å². The maximum atomic E-state index is 12.8. The van der Waals surface area contributed by atoms with E-state index in [9.17, 15) is 19.5 Å². The third-order valence-electron chi connectivity index (χ3n) is 4.89. The molecule has 3 rings (SSSR count). The molecule has 0 spiro atoms. The molecule has 1 aliphatic heterocycles. The number of ether oxygens (including phenoxy) is 1. The van der Waals surface area contributed by atoms with Crippen LogP contribution in [-0.2, 0) is 9.59 Å². The molecule has 0 aromatic heterocycles. The summed E-state index contributed by atoms with van der Waals surface area (Å²) >= 11 is 0. The number of fused-ring (bicyclic) bond motifs is 1. The topological polar surface area (TPSA) is 95.9 Å². The number of carbonyl (C=O) groups is 3. The summed E-state index contributed by atoms with van der Waals surface area (Å²) < 4.78 is 5.33. The molecule has 1 aromatic carbocycles. The van der Waals surface area contributed by atoms with Crippen molar-refractivity contribution in [1.29, 1.82) is 0 Å². The molecule has 2 N–H and O–H groups in total. The van der Waals surface area contributed by atoms with Crippen molar-refractivity contribution in [3.05, 3.63) is 23.8 Å². The summed E-state index contributed by atoms with van der Waals surface area (Å²) in [6.07, 6.45) is 3.50. The van der Waals surface area contributed by atoms with Gasteiger partial charge >= 0.3 is 5.97 Å². The van der Waals surface area contributed by atoms with Gasteiger partial charge in [0.2, 0.25) is 0 Å². The van der Waals surface area contributed by atoms with Gasteiger partial charge in [-0.05, 0) is 31.0 Å². The summed E-state index contributed by atoms with van der Waals surface area (Å²) in [6.45, 7) is -0.0977. The maximum absolute atomic E-state index is 12.8. The maximum Gasteiger partial charge on any atom is 0.329 e. The molecule has 7 heteroatoms. The van der Waals surface area contributed by atoms with Crippen molar-refractivity contribution in [1.82, 2.24) is 4.90 Å². The van der Waals surface area contributed by atoms with Crippen LogP contribution in [0.1, 0.15) is 42.5 Å². The van der Waals surface area contributed by atoms with Gasteiger partial charge in [-0.2, -0.15) is 0 Å². The highest BCUT2D eigenvalue weighted by molar-refractivity contribution is 6.00. The Balaban J connectivity index is 1.88. The SMILES string of the molecule is CN(C(=O)c1ccc2c(c1)OCC(=O)N2)C1(C(=O)O)CCCCC1. The van der Waals surface area contributed by atoms with Crippen LogP contribution in [0.4, 0.5) is 5.69 Å². The summed E-state index contributed by atoms with van der Waals surface area (Å²) in [7, 11) is 1.55. The molecule has 2 amide bonds. The molecule has 7 nitrogen and oxygen atoms in total. The second-order valence-corrected chi connectivity index (χ2v) is 6.31. The third-order valence-corrected chi connectivity index (χ3v) is 4.89. The van der Waals surface area contributed by atoms with Gasteiger partial charge in [0.05, 0.1) is 5.69 Å². The number of amides is 2. The zero-order valence-corrected chi connectivity index (χ0v) is 13.5. The van der Waals surface area contributed by atoms with Crippen LogP contribution in [0.2, 0.25) is 0 Å². The number of carbonyl (C=O) groups excluding carboxylic acids is 2. The Bertz CT molecular complexity index is 694. The number of hydrogen-bond acceptors (Lipinski definition) is 4. The Morgan fingerprint density at radius 2 is 1.96 bits per heavy atom. The van der Waals surface area contributed by atoms with E-state index >= 15 is 0 Å². The van der Waals surface area contributed by atoms with Crippen LogP contribution < -0.4 is 10.1 Å². The monoisotopic (exact) mass is 332 g/mol. The number of carboxylic acids is 1. The van der Waals surface area contributed by atoms with E-state index in [0.29, 0.717) is 29.8 Å². The van der Waals surface area contributed by atoms with Gasteiger partial charge in [0.1, 0.15) is 11.3 Å². The summed E-state index contributed by atoms with van der Waals surface area (Å²) in [5, 5.41) is 12.4. The van der Waals surface area contributed by atoms with Crippen molar-refractivity contribution in [3.63, 3.8) is 0 Å². The van der Waals surface area contributed by atoms with E-state index in [1.165, 1.54) is 4.90 Å². The van der Waals surface area contributed by atoms with Crippen LogP contribution in [0.25, 0.3) is 0 Å². The lowest BCUT2D eigenvalue weighted by atomic mass is 9.80. The highest BCUT2D eigenvalue weighted by atomic mass is 16.5. The van der Waals surface area contributed by atoms with Gasteiger partial charge in [-0.25, -0.2) is 4.79 Å². The van der Waals surface area contributed by atoms with E-state index in [1.54, 1.807) is 25.2 Å². The van der Waals surface area contributed by atoms with E-state index in [4.69, 9.17) is 4.74 Å². The smallest absolute Gasteiger partial charge is 0.329 e. The van der Waals surface area contributed by atoms with E-state index in [0.717, 1.165) is 19.3 Å². The molecule has 0 bridgehead atoms. The van der Waals surface area contributed by atoms with Gasteiger partial charge in [0, 0.05) is 12.6 Å². The third kappa shape index (κ3) is 2.70. The van der Waals surface area contributed by atoms with Gasteiger partial charge in [-0.3, -0.25) is 9.59 Å². The first-order valence-electron chi connectivity index (χ1n) is 8.02. The van der Waals surface area contributed by atoms with Crippen molar-refractivity contribution in [2.45, 2.75) is 37.6 Å². The van der Waals surface area contributed by atoms with Crippen molar-refractivity contribution in [2.24, 2.45) is 0 Å². The Morgan fingerprint density at radius 3 is 2.62 bits per heavy atom. The molecule has 128 valence electrons. The molecule has 0 radical (unpaired) electrons. The average molecular weight is 332 g/mol. The normalized spacial score (nSPS) is 18.8. The fourth-order valence-electron chi connectivity index (χ4n) is 3.43. The van der Waals surface area contributed by atoms with E-state index in [2.05, 4.69) is 5.32 Å². The fraction of sp³-hybridized carbons (Fsp3) is 0.471. The van der Waals surface area contributed by atoms with Gasteiger partial charge < -0.3 is 20.1 Å². The first-order chi connectivity index (χ1) is 11.4. The molecule has 0 atom stereocenters. The summed E-state index contributed by atoms with van der Waals surface area (Å²) in [5.74, 6) is -1.14. The van der Waals surface area contributed by atoms with Crippen LogP contribution in [0, 0.1) is 0 Å². The van der Waals surface area contributed by atoms with Crippen molar-refractivity contribution < 1.29 is 24.2 Å². The van der Waals surface area contributed by atoms with Gasteiger partial charge in [-0.15, -0.1) is 0 Å². The predicted octanol–water partition coefficient (Wildman–Crippen LogP) is 1.88. The zero-order valence-electron chi connectivity index (χ0n) is 13.5. The van der Waals surface area contributed by atoms with Crippen molar-refractivity contribution >= 4 is 23.5 Å². The Morgan fingerprint density at radius 1 is 1.25 bits per heavy atom. The molecule has 0 unspecified atom stereocenters. The molecule has 1 aliphatic carbocycles. The average Bonchev–Trinajstić information content (AvgIpc) is 2.60. The van der Waals surface area contributed by atoms with E-state index < -0.39 is 11.5 Å². The standard InChI is InChI=1S/C17H20N2O5/c1-19(17(16(22)23)7-3-2-4-8-17)15(21)11-5-6-12-13(9-11)24-10-14(20)18-12/h5-6,9H,2-4,7-8,10H2,1H3,(H,18,20)(H,22,23). The quantitative estimate of drug-likeness (QED) is 0.881. The fourth-order valence-corrected chi connectivity index (χ4v) is 3.43. The van der Waals surface area contributed by atoms with Gasteiger partial charge in [0.15, 0.2) is 6.61 Å². The number of likely N-dealkylation sites (N-methyl/N-ethyl adjacent to an activating group) is 1. The number of rotatable bonds is 3. The summed E-state index contributed by atoms with van der Waals surface area (Å²) in [5.41, 5.74) is -0.296. The lowest BCUT2D eigenvalue weighted by molar-refractivity contribution is -0.151. The Kier molecular flexibility index (Phi) is 4.17. The van der Waals surface area contributed by atoms with Gasteiger partial charge in [-0.1, -0.05) is 19.3 Å². The van der Waals surface area contributed by atoms with Crippen LogP contribution >= 0.6 is 0 Å². The second-order valence-electron chi connectivity index (χ2n) is 6.31. The first-order valence-corrected chi connectivity index (χ1v) is 8.02. The van der Waals surface area contributed by atoms with Crippen molar-refractivity contribution in [2.75, 3.05) is 19.0 Å². The number of aliphatic carboxylic acids is 1. The van der Waals surface area contributed by atoms with Crippen LogP contribution in [0.5, 0.6) is 5.75 Å². The Labute approximate surface area is 139 Å². The number of nitrogens with zero attached hydrogens (tertiary/aromatic N) is 1. The number of anilines is 1. The number of nitrogens with one attached hydrogen (secondary N) is 1. The minimum absolute atomic E-state index is 0.0977. The molecule has 0 saturated heterocycles. The molecular weight excluding hydrogens is 312 g/mol. The van der Waals surface area contributed by atoms with E-state index in [1.807, 2.05) is 0 Å². The highest BCUT2D eigenvalue weighted by Crippen LogP contribution is 2.35. The predicted molar refractivity (Wildman–Crippen MR) is 86.1 cm³/mol. The molecule has 1 saturated carbocycles. The minimum atomic E-state index is -1.15. The lowest BCUT2D eigenvalue weighted by Gasteiger charge is -2.41. The van der Waals surface area contributed by atoms with Gasteiger partial charge in [0.25, 0.3) is 11.8 Å². The lowest BCUT2D eigenvalue weighted by Crippen LogP contribution is -2.56. The van der Waals surface area contributed by atoms with E-state index in [-0.39, 0.29) is 18.4 Å².